The van der Waals surface area contributed by atoms with Gasteiger partial charge >= 0.3 is 0 Å². The van der Waals surface area contributed by atoms with Crippen molar-refractivity contribution in [1.29, 1.82) is 0 Å². The third-order valence-corrected chi connectivity index (χ3v) is 7.66. The van der Waals surface area contributed by atoms with Crippen LogP contribution in [0.2, 0.25) is 0 Å². The molecular formula is C19H25N3O6S. The van der Waals surface area contributed by atoms with Gasteiger partial charge < -0.3 is 19.7 Å². The number of sulfonamides is 1. The Bertz CT molecular complexity index is 942. The minimum Gasteiger partial charge on any atom is -0.479 e. The fourth-order valence-electron chi connectivity index (χ4n) is 4.02. The number of fused-ring (bicyclic) bond motifs is 1. The van der Waals surface area contributed by atoms with Gasteiger partial charge in [-0.2, -0.15) is 4.31 Å². The van der Waals surface area contributed by atoms with Crippen molar-refractivity contribution in [3.8, 4) is 5.75 Å². The lowest BCUT2D eigenvalue weighted by molar-refractivity contribution is -0.138. The van der Waals surface area contributed by atoms with E-state index in [1.165, 1.54) is 10.4 Å². The number of hydrogen-bond donors (Lipinski definition) is 1. The van der Waals surface area contributed by atoms with Crippen LogP contribution in [0.15, 0.2) is 17.0 Å². The third kappa shape index (κ3) is 3.60. The van der Waals surface area contributed by atoms with Gasteiger partial charge in [0.15, 0.2) is 6.10 Å². The summed E-state index contributed by atoms with van der Waals surface area (Å²) in [4.78, 5) is 26.6. The number of benzene rings is 1. The van der Waals surface area contributed by atoms with Crippen molar-refractivity contribution in [3.05, 3.63) is 17.7 Å². The van der Waals surface area contributed by atoms with Crippen LogP contribution in [0, 0.1) is 6.92 Å². The van der Waals surface area contributed by atoms with Crippen LogP contribution in [0.5, 0.6) is 5.75 Å². The van der Waals surface area contributed by atoms with Crippen LogP contribution in [0.4, 0.5) is 5.69 Å². The number of carbonyl (C=O) groups excluding carboxylic acids is 2. The Morgan fingerprint density at radius 1 is 1.21 bits per heavy atom. The first-order valence-electron chi connectivity index (χ1n) is 9.79. The second-order valence-corrected chi connectivity index (χ2v) is 9.43. The standard InChI is InChI=1S/C19H25N3O6S/c1-12-10-14-16(28-13(2)18(23)20-14)11-17(12)29(25,26)22-5-3-4-15(22)19(24)21-6-8-27-9-7-21/h10-11,13,15H,3-9H2,1-2H3,(H,20,23)/t13-,15+/m1/s1. The van der Waals surface area contributed by atoms with Crippen LogP contribution in [0.25, 0.3) is 0 Å². The average Bonchev–Trinajstić information content (AvgIpc) is 3.19. The molecule has 158 valence electrons. The number of morpholine rings is 1. The molecule has 3 heterocycles. The molecule has 1 N–H and O–H groups in total. The SMILES string of the molecule is Cc1cc2c(cc1S(=O)(=O)N1CCC[C@H]1C(=O)N1CCOCC1)O[C@H](C)C(=O)N2. The first-order valence-corrected chi connectivity index (χ1v) is 11.2. The highest BCUT2D eigenvalue weighted by Gasteiger charge is 2.42. The number of anilines is 1. The third-order valence-electron chi connectivity index (χ3n) is 5.61. The molecule has 10 heteroatoms. The molecule has 2 atom stereocenters. The summed E-state index contributed by atoms with van der Waals surface area (Å²) in [5.74, 6) is -0.123. The van der Waals surface area contributed by atoms with Crippen LogP contribution >= 0.6 is 0 Å². The number of rotatable bonds is 3. The van der Waals surface area contributed by atoms with E-state index < -0.39 is 22.2 Å². The van der Waals surface area contributed by atoms with Gasteiger partial charge in [0, 0.05) is 25.7 Å². The predicted octanol–water partition coefficient (Wildman–Crippen LogP) is 0.726. The van der Waals surface area contributed by atoms with Gasteiger partial charge in [0.2, 0.25) is 15.9 Å². The molecular weight excluding hydrogens is 398 g/mol. The molecule has 2 amide bonds. The number of ether oxygens (including phenoxy) is 2. The Morgan fingerprint density at radius 3 is 2.66 bits per heavy atom. The van der Waals surface area contributed by atoms with E-state index in [2.05, 4.69) is 5.32 Å². The van der Waals surface area contributed by atoms with E-state index in [1.54, 1.807) is 24.8 Å². The number of amides is 2. The van der Waals surface area contributed by atoms with Gasteiger partial charge in [-0.05, 0) is 38.3 Å². The Balaban J connectivity index is 1.65. The molecule has 0 spiro atoms. The van der Waals surface area contributed by atoms with Crippen LogP contribution in [-0.4, -0.2) is 74.4 Å². The largest absolute Gasteiger partial charge is 0.479 e. The quantitative estimate of drug-likeness (QED) is 0.768. The van der Waals surface area contributed by atoms with Gasteiger partial charge in [0.25, 0.3) is 5.91 Å². The fraction of sp³-hybridized carbons (Fsp3) is 0.579. The number of hydrogen-bond acceptors (Lipinski definition) is 6. The van der Waals surface area contributed by atoms with E-state index >= 15 is 0 Å². The summed E-state index contributed by atoms with van der Waals surface area (Å²) in [5.41, 5.74) is 0.943. The highest BCUT2D eigenvalue weighted by Crippen LogP contribution is 2.37. The monoisotopic (exact) mass is 423 g/mol. The zero-order valence-corrected chi connectivity index (χ0v) is 17.3. The van der Waals surface area contributed by atoms with Crippen LogP contribution in [0.1, 0.15) is 25.3 Å². The van der Waals surface area contributed by atoms with Crippen LogP contribution < -0.4 is 10.1 Å². The number of carbonyl (C=O) groups is 2. The van der Waals surface area contributed by atoms with Gasteiger partial charge in [-0.3, -0.25) is 9.59 Å². The molecule has 0 bridgehead atoms. The molecule has 0 aliphatic carbocycles. The van der Waals surface area contributed by atoms with Crippen LogP contribution in [0.3, 0.4) is 0 Å². The Hall–Kier alpha value is -2.17. The fourth-order valence-corrected chi connectivity index (χ4v) is 5.89. The van der Waals surface area contributed by atoms with Crippen molar-refractivity contribution in [2.45, 2.75) is 43.7 Å². The van der Waals surface area contributed by atoms with E-state index in [-0.39, 0.29) is 16.7 Å². The lowest BCUT2D eigenvalue weighted by Crippen LogP contribution is -2.51. The molecule has 0 radical (unpaired) electrons. The molecule has 29 heavy (non-hydrogen) atoms. The Morgan fingerprint density at radius 2 is 1.93 bits per heavy atom. The summed E-state index contributed by atoms with van der Waals surface area (Å²) in [6, 6.07) is 2.35. The second-order valence-electron chi connectivity index (χ2n) is 7.57. The van der Waals surface area contributed by atoms with Crippen molar-refractivity contribution in [3.63, 3.8) is 0 Å². The van der Waals surface area contributed by atoms with E-state index in [9.17, 15) is 18.0 Å². The maximum absolute atomic E-state index is 13.5. The maximum Gasteiger partial charge on any atom is 0.265 e. The molecule has 4 rings (SSSR count). The number of aryl methyl sites for hydroxylation is 1. The topological polar surface area (TPSA) is 105 Å². The highest BCUT2D eigenvalue weighted by atomic mass is 32.2. The zero-order valence-electron chi connectivity index (χ0n) is 16.5. The lowest BCUT2D eigenvalue weighted by Gasteiger charge is -2.32. The van der Waals surface area contributed by atoms with Gasteiger partial charge in [-0.1, -0.05) is 0 Å². The minimum atomic E-state index is -3.90. The molecule has 1 aromatic carbocycles. The smallest absolute Gasteiger partial charge is 0.265 e. The summed E-state index contributed by atoms with van der Waals surface area (Å²) in [6.07, 6.45) is 0.430. The van der Waals surface area contributed by atoms with Gasteiger partial charge in [-0.15, -0.1) is 0 Å². The van der Waals surface area contributed by atoms with Crippen molar-refractivity contribution < 1.29 is 27.5 Å². The summed E-state index contributed by atoms with van der Waals surface area (Å²) in [6.45, 7) is 5.47. The van der Waals surface area contributed by atoms with Crippen molar-refractivity contribution in [1.82, 2.24) is 9.21 Å². The van der Waals surface area contributed by atoms with E-state index in [0.29, 0.717) is 62.7 Å². The van der Waals surface area contributed by atoms with Crippen molar-refractivity contribution in [2.75, 3.05) is 38.2 Å². The van der Waals surface area contributed by atoms with Crippen molar-refractivity contribution >= 4 is 27.5 Å². The first kappa shape index (κ1) is 20.1. The molecule has 2 saturated heterocycles. The molecule has 3 aliphatic rings. The minimum absolute atomic E-state index is 0.0984. The lowest BCUT2D eigenvalue weighted by atomic mass is 10.1. The average molecular weight is 423 g/mol. The van der Waals surface area contributed by atoms with Crippen molar-refractivity contribution in [2.24, 2.45) is 0 Å². The summed E-state index contributed by atoms with van der Waals surface area (Å²) >= 11 is 0. The number of nitrogens with zero attached hydrogens (tertiary/aromatic N) is 2. The zero-order chi connectivity index (χ0) is 20.8. The summed E-state index contributed by atoms with van der Waals surface area (Å²) in [7, 11) is -3.90. The molecule has 2 fully saturated rings. The molecule has 0 aromatic heterocycles. The summed E-state index contributed by atoms with van der Waals surface area (Å²) < 4.78 is 39.1. The summed E-state index contributed by atoms with van der Waals surface area (Å²) in [5, 5.41) is 2.72. The Kier molecular flexibility index (Phi) is 5.26. The van der Waals surface area contributed by atoms with E-state index in [0.717, 1.165) is 0 Å². The predicted molar refractivity (Wildman–Crippen MR) is 104 cm³/mol. The molecule has 1 aromatic rings. The molecule has 0 unspecified atom stereocenters. The first-order chi connectivity index (χ1) is 13.8. The molecule has 0 saturated carbocycles. The van der Waals surface area contributed by atoms with Gasteiger partial charge in [-0.25, -0.2) is 8.42 Å². The molecule has 9 nitrogen and oxygen atoms in total. The van der Waals surface area contributed by atoms with Gasteiger partial charge in [0.05, 0.1) is 23.8 Å². The normalized spacial score (nSPS) is 25.3. The van der Waals surface area contributed by atoms with Gasteiger partial charge in [0.1, 0.15) is 11.8 Å². The maximum atomic E-state index is 13.5. The Labute approximate surface area is 170 Å². The highest BCUT2D eigenvalue weighted by molar-refractivity contribution is 7.89. The van der Waals surface area contributed by atoms with Crippen LogP contribution in [-0.2, 0) is 24.3 Å². The second kappa shape index (κ2) is 7.58. The molecule has 3 aliphatic heterocycles. The van der Waals surface area contributed by atoms with E-state index in [1.807, 2.05) is 0 Å². The number of nitrogens with one attached hydrogen (secondary N) is 1. The van der Waals surface area contributed by atoms with E-state index in [4.69, 9.17) is 9.47 Å².